The number of hydrogen-bond donors (Lipinski definition) is 0. The van der Waals surface area contributed by atoms with E-state index in [4.69, 9.17) is 0 Å². The van der Waals surface area contributed by atoms with Crippen molar-refractivity contribution >= 4 is 87.2 Å². The normalized spacial score (nSPS) is 11.6. The van der Waals surface area contributed by atoms with Crippen molar-refractivity contribution in [1.29, 1.82) is 0 Å². The van der Waals surface area contributed by atoms with E-state index in [1.54, 1.807) is 0 Å². The fourth-order valence-corrected chi connectivity index (χ4v) is 15.8. The molecule has 0 fully saturated rings. The number of para-hydroxylation sites is 3. The molecule has 0 aliphatic carbocycles. The second kappa shape index (κ2) is 24.9. The van der Waals surface area contributed by atoms with Crippen LogP contribution in [-0.4, -0.2) is 18.3 Å². The molecule has 0 radical (unpaired) electrons. The summed E-state index contributed by atoms with van der Waals surface area (Å²) in [5.41, 5.74) is 31.6. The predicted molar refractivity (Wildman–Crippen MR) is 432 cm³/mol. The molecule has 0 saturated heterocycles. The van der Waals surface area contributed by atoms with Crippen molar-refractivity contribution in [2.24, 2.45) is 0 Å². The van der Waals surface area contributed by atoms with Gasteiger partial charge in [0.1, 0.15) is 0 Å². The second-order valence-electron chi connectivity index (χ2n) is 27.0. The Kier molecular flexibility index (Phi) is 14.6. The molecule has 0 aliphatic heterocycles. The number of benzene rings is 16. The molecule has 20 rings (SSSR count). The van der Waals surface area contributed by atoms with Crippen molar-refractivity contribution < 1.29 is 0 Å². The van der Waals surface area contributed by atoms with Crippen molar-refractivity contribution in [3.63, 3.8) is 0 Å². The lowest BCUT2D eigenvalue weighted by Gasteiger charge is -2.11. The number of aromatic nitrogens is 4. The molecule has 0 bridgehead atoms. The van der Waals surface area contributed by atoms with Crippen molar-refractivity contribution in [3.05, 3.63) is 387 Å². The first kappa shape index (κ1) is 59.9. The number of hydrogen-bond acceptors (Lipinski definition) is 0. The average Bonchev–Trinajstić information content (AvgIpc) is 1.60. The minimum atomic E-state index is 1.16. The van der Waals surface area contributed by atoms with Gasteiger partial charge in [0.05, 0.1) is 44.1 Å². The van der Waals surface area contributed by atoms with Gasteiger partial charge in [-0.3, -0.25) is 0 Å². The zero-order valence-corrected chi connectivity index (χ0v) is 56.6. The van der Waals surface area contributed by atoms with Crippen molar-refractivity contribution in [2.45, 2.75) is 13.8 Å². The van der Waals surface area contributed by atoms with E-state index in [-0.39, 0.29) is 0 Å². The maximum absolute atomic E-state index is 2.41. The summed E-state index contributed by atoms with van der Waals surface area (Å²) < 4.78 is 9.60. The molecule has 4 heterocycles. The molecule has 0 aliphatic rings. The molecule has 16 aromatic carbocycles. The molecule has 0 unspecified atom stereocenters. The van der Waals surface area contributed by atoms with Gasteiger partial charge in [0.15, 0.2) is 0 Å². The van der Waals surface area contributed by atoms with E-state index >= 15 is 0 Å². The van der Waals surface area contributed by atoms with Gasteiger partial charge in [-0.15, -0.1) is 0 Å². The maximum atomic E-state index is 2.41. The fourth-order valence-electron chi connectivity index (χ4n) is 15.8. The standard InChI is InChI=1S/2C49H34N2/c1-33-16-27-43-45-32-39(22-29-48(45)51(49(43)30-33)41-25-19-37(20-26-41)35-12-6-3-7-13-35)38-21-28-47-44(31-38)42-14-8-9-15-46(42)50(47)40-23-17-36(18-24-40)34-10-4-2-5-11-34;1-33-10-9-13-37(30-33)36-20-26-41(27-21-36)51-47-17-8-6-15-43(47)45-32-39(23-29-49(45)51)38-22-28-48-44(31-38)42-14-5-7-16-46(42)50(48)40-24-18-35(19-25-40)34-11-3-2-4-12-34/h2*2-32H,1H3. The molecule has 480 valence electrons. The lowest BCUT2D eigenvalue weighted by Crippen LogP contribution is -1.94. The predicted octanol–water partition coefficient (Wildman–Crippen LogP) is 26.4. The van der Waals surface area contributed by atoms with Gasteiger partial charge < -0.3 is 18.3 Å². The maximum Gasteiger partial charge on any atom is 0.0543 e. The van der Waals surface area contributed by atoms with Crippen LogP contribution in [0.15, 0.2) is 376 Å². The molecular formula is C98H68N4. The van der Waals surface area contributed by atoms with Gasteiger partial charge in [0.2, 0.25) is 0 Å². The van der Waals surface area contributed by atoms with Crippen LogP contribution in [0.1, 0.15) is 11.1 Å². The summed E-state index contributed by atoms with van der Waals surface area (Å²) in [4.78, 5) is 0. The monoisotopic (exact) mass is 1300 g/mol. The number of rotatable bonds is 10. The molecule has 102 heavy (non-hydrogen) atoms. The van der Waals surface area contributed by atoms with Crippen LogP contribution < -0.4 is 0 Å². The van der Waals surface area contributed by atoms with Crippen LogP contribution >= 0.6 is 0 Å². The van der Waals surface area contributed by atoms with Crippen LogP contribution in [0.5, 0.6) is 0 Å². The average molecular weight is 1300 g/mol. The van der Waals surface area contributed by atoms with Gasteiger partial charge in [-0.1, -0.05) is 260 Å². The highest BCUT2D eigenvalue weighted by atomic mass is 15.0. The highest BCUT2D eigenvalue weighted by molar-refractivity contribution is 6.15. The molecule has 0 N–H and O–H groups in total. The number of nitrogens with zero attached hydrogens (tertiary/aromatic N) is 4. The van der Waals surface area contributed by atoms with Crippen LogP contribution in [-0.2, 0) is 0 Å². The summed E-state index contributed by atoms with van der Waals surface area (Å²) in [5, 5.41) is 10.1. The summed E-state index contributed by atoms with van der Waals surface area (Å²) in [6, 6.07) is 137. The van der Waals surface area contributed by atoms with E-state index in [0.29, 0.717) is 0 Å². The van der Waals surface area contributed by atoms with Crippen LogP contribution in [0, 0.1) is 13.8 Å². The van der Waals surface area contributed by atoms with Crippen molar-refractivity contribution in [1.82, 2.24) is 18.3 Å². The Bertz CT molecular complexity index is 6570. The summed E-state index contributed by atoms with van der Waals surface area (Å²) in [6.07, 6.45) is 0. The number of fused-ring (bicyclic) bond motifs is 12. The SMILES string of the molecule is Cc1ccc2c3cc(-c4ccc5c(c4)c4ccccc4n5-c4ccc(-c5ccccc5)cc4)ccc3n(-c3ccc(-c4ccccc4)cc3)c2c1.Cc1cccc(-c2ccc(-n3c4ccccc4c4cc(-c5ccc6c(c5)c5ccccc5n6-c5ccc(-c6ccccc6)cc5)ccc43)cc2)c1. The van der Waals surface area contributed by atoms with Crippen molar-refractivity contribution in [2.75, 3.05) is 0 Å². The zero-order chi connectivity index (χ0) is 67.8. The Balaban J connectivity index is 0.000000141. The van der Waals surface area contributed by atoms with Crippen LogP contribution in [0.3, 0.4) is 0 Å². The van der Waals surface area contributed by atoms with Gasteiger partial charge >= 0.3 is 0 Å². The summed E-state index contributed by atoms with van der Waals surface area (Å²) in [6.45, 7) is 4.32. The summed E-state index contributed by atoms with van der Waals surface area (Å²) in [5.74, 6) is 0. The van der Waals surface area contributed by atoms with E-state index < -0.39 is 0 Å². The quantitative estimate of drug-likeness (QED) is 0.130. The van der Waals surface area contributed by atoms with Gasteiger partial charge in [-0.25, -0.2) is 0 Å². The topological polar surface area (TPSA) is 19.7 Å². The van der Waals surface area contributed by atoms with Crippen molar-refractivity contribution in [3.8, 4) is 89.5 Å². The first-order chi connectivity index (χ1) is 50.4. The molecule has 0 amide bonds. The highest BCUT2D eigenvalue weighted by Gasteiger charge is 2.20. The first-order valence-corrected chi connectivity index (χ1v) is 35.2. The van der Waals surface area contributed by atoms with E-state index in [1.807, 2.05) is 0 Å². The third kappa shape index (κ3) is 10.5. The Morgan fingerprint density at radius 3 is 0.706 bits per heavy atom. The third-order valence-corrected chi connectivity index (χ3v) is 20.8. The molecule has 0 atom stereocenters. The Morgan fingerprint density at radius 2 is 0.373 bits per heavy atom. The lowest BCUT2D eigenvalue weighted by molar-refractivity contribution is 1.18. The van der Waals surface area contributed by atoms with Crippen LogP contribution in [0.2, 0.25) is 0 Å². The van der Waals surface area contributed by atoms with Crippen LogP contribution in [0.4, 0.5) is 0 Å². The lowest BCUT2D eigenvalue weighted by atomic mass is 10.0. The largest absolute Gasteiger partial charge is 0.309 e. The van der Waals surface area contributed by atoms with E-state index in [0.717, 1.165) is 17.1 Å². The fraction of sp³-hybridized carbons (Fsp3) is 0.0204. The molecule has 0 spiro atoms. The third-order valence-electron chi connectivity index (χ3n) is 20.8. The Labute approximate surface area is 592 Å². The molecule has 20 aromatic rings. The number of aryl methyl sites for hydroxylation is 2. The second-order valence-corrected chi connectivity index (χ2v) is 27.0. The minimum absolute atomic E-state index is 1.16. The Hall–Kier alpha value is -13.3. The van der Waals surface area contributed by atoms with Gasteiger partial charge in [-0.2, -0.15) is 0 Å². The van der Waals surface area contributed by atoms with Gasteiger partial charge in [0.25, 0.3) is 0 Å². The van der Waals surface area contributed by atoms with E-state index in [2.05, 4.69) is 408 Å². The highest BCUT2D eigenvalue weighted by Crippen LogP contribution is 2.42. The van der Waals surface area contributed by atoms with E-state index in [9.17, 15) is 0 Å². The summed E-state index contributed by atoms with van der Waals surface area (Å²) >= 11 is 0. The minimum Gasteiger partial charge on any atom is -0.309 e. The summed E-state index contributed by atoms with van der Waals surface area (Å²) in [7, 11) is 0. The van der Waals surface area contributed by atoms with E-state index in [1.165, 1.54) is 171 Å². The van der Waals surface area contributed by atoms with Gasteiger partial charge in [0, 0.05) is 65.8 Å². The molecule has 4 heteroatoms. The molecule has 4 nitrogen and oxygen atoms in total. The van der Waals surface area contributed by atoms with Gasteiger partial charge in [-0.05, 0) is 207 Å². The zero-order valence-electron chi connectivity index (χ0n) is 56.6. The first-order valence-electron chi connectivity index (χ1n) is 35.2. The molecule has 4 aromatic heterocycles. The Morgan fingerprint density at radius 1 is 0.137 bits per heavy atom. The molecule has 0 saturated carbocycles. The smallest absolute Gasteiger partial charge is 0.0543 e. The van der Waals surface area contributed by atoms with Crippen LogP contribution in [0.25, 0.3) is 177 Å². The molecular weight excluding hydrogens is 1230 g/mol.